The zero-order valence-electron chi connectivity index (χ0n) is 18.9. The predicted molar refractivity (Wildman–Crippen MR) is 129 cm³/mol. The minimum atomic E-state index is -0.403. The van der Waals surface area contributed by atoms with E-state index in [0.29, 0.717) is 47.2 Å². The molecule has 1 aliphatic rings. The summed E-state index contributed by atoms with van der Waals surface area (Å²) in [5, 5.41) is 3.18. The van der Waals surface area contributed by atoms with Gasteiger partial charge in [0.15, 0.2) is 0 Å². The summed E-state index contributed by atoms with van der Waals surface area (Å²) in [4.78, 5) is 28.4. The first kappa shape index (κ1) is 22.1. The van der Waals surface area contributed by atoms with Crippen LogP contribution in [0.3, 0.4) is 0 Å². The van der Waals surface area contributed by atoms with Gasteiger partial charge in [-0.05, 0) is 62.2 Å². The Kier molecular flexibility index (Phi) is 6.45. The van der Waals surface area contributed by atoms with Crippen molar-refractivity contribution in [3.05, 3.63) is 89.6 Å². The van der Waals surface area contributed by atoms with Crippen LogP contribution in [0.4, 0.5) is 11.4 Å². The molecule has 0 bridgehead atoms. The van der Waals surface area contributed by atoms with Crippen molar-refractivity contribution in [2.75, 3.05) is 23.4 Å². The standard InChI is InChI=1S/C27H26N2O4/c1-4-32-21-15-13-19(14-16-21)24-25(28-20-10-8-11-22(17-20)33-5-2)27(31)29(26(24)30)23-12-7-6-9-18(23)3/h6-17,28H,4-5H2,1-3H3. The number of amides is 2. The van der Waals surface area contributed by atoms with Crippen molar-refractivity contribution in [2.24, 2.45) is 0 Å². The van der Waals surface area contributed by atoms with Crippen LogP contribution in [-0.2, 0) is 9.59 Å². The van der Waals surface area contributed by atoms with E-state index >= 15 is 0 Å². The second kappa shape index (κ2) is 9.61. The molecule has 1 N–H and O–H groups in total. The van der Waals surface area contributed by atoms with E-state index in [1.165, 1.54) is 4.90 Å². The van der Waals surface area contributed by atoms with Crippen molar-refractivity contribution < 1.29 is 19.1 Å². The van der Waals surface area contributed by atoms with Crippen LogP contribution in [0.5, 0.6) is 11.5 Å². The fourth-order valence-electron chi connectivity index (χ4n) is 3.81. The number of nitrogens with zero attached hydrogens (tertiary/aromatic N) is 1. The molecule has 3 aromatic carbocycles. The summed E-state index contributed by atoms with van der Waals surface area (Å²) in [6, 6.07) is 21.9. The third kappa shape index (κ3) is 4.46. The Labute approximate surface area is 193 Å². The molecule has 168 valence electrons. The van der Waals surface area contributed by atoms with Crippen molar-refractivity contribution in [3.63, 3.8) is 0 Å². The largest absolute Gasteiger partial charge is 0.494 e. The summed E-state index contributed by atoms with van der Waals surface area (Å²) in [7, 11) is 0. The highest BCUT2D eigenvalue weighted by molar-refractivity contribution is 6.46. The van der Waals surface area contributed by atoms with Gasteiger partial charge in [0.2, 0.25) is 0 Å². The first-order valence-electron chi connectivity index (χ1n) is 10.9. The van der Waals surface area contributed by atoms with E-state index in [2.05, 4.69) is 5.32 Å². The van der Waals surface area contributed by atoms with Gasteiger partial charge in [-0.15, -0.1) is 0 Å². The molecule has 0 spiro atoms. The lowest BCUT2D eigenvalue weighted by Gasteiger charge is -2.17. The molecule has 3 aromatic rings. The number of hydrogen-bond donors (Lipinski definition) is 1. The Morgan fingerprint density at radius 3 is 2.18 bits per heavy atom. The van der Waals surface area contributed by atoms with Crippen molar-refractivity contribution in [3.8, 4) is 11.5 Å². The molecule has 0 aliphatic carbocycles. The maximum atomic E-state index is 13.6. The summed E-state index contributed by atoms with van der Waals surface area (Å²) in [5.74, 6) is 0.605. The molecule has 4 rings (SSSR count). The Hall–Kier alpha value is -4.06. The number of anilines is 2. The second-order valence-corrected chi connectivity index (χ2v) is 7.53. The van der Waals surface area contributed by atoms with E-state index in [1.807, 2.05) is 57.2 Å². The van der Waals surface area contributed by atoms with E-state index in [4.69, 9.17) is 9.47 Å². The summed E-state index contributed by atoms with van der Waals surface area (Å²) in [6.07, 6.45) is 0. The topological polar surface area (TPSA) is 67.9 Å². The summed E-state index contributed by atoms with van der Waals surface area (Å²) in [6.45, 7) is 6.77. The lowest BCUT2D eigenvalue weighted by molar-refractivity contribution is -0.120. The molecular weight excluding hydrogens is 416 g/mol. The molecule has 0 atom stereocenters. The maximum absolute atomic E-state index is 13.6. The number of carbonyl (C=O) groups is 2. The molecule has 0 fully saturated rings. The van der Waals surface area contributed by atoms with Crippen molar-refractivity contribution in [1.29, 1.82) is 0 Å². The molecule has 33 heavy (non-hydrogen) atoms. The van der Waals surface area contributed by atoms with Crippen LogP contribution >= 0.6 is 0 Å². The van der Waals surface area contributed by atoms with E-state index in [0.717, 1.165) is 5.56 Å². The Bertz CT molecular complexity index is 1210. The van der Waals surface area contributed by atoms with E-state index in [9.17, 15) is 9.59 Å². The van der Waals surface area contributed by atoms with Crippen LogP contribution in [0.1, 0.15) is 25.0 Å². The van der Waals surface area contributed by atoms with Gasteiger partial charge in [0.1, 0.15) is 17.2 Å². The lowest BCUT2D eigenvalue weighted by Crippen LogP contribution is -2.33. The number of rotatable bonds is 8. The Morgan fingerprint density at radius 1 is 0.788 bits per heavy atom. The number of imide groups is 1. The Morgan fingerprint density at radius 2 is 1.48 bits per heavy atom. The molecule has 0 aromatic heterocycles. The first-order chi connectivity index (χ1) is 16.0. The van der Waals surface area contributed by atoms with Crippen molar-refractivity contribution in [2.45, 2.75) is 20.8 Å². The van der Waals surface area contributed by atoms with Crippen LogP contribution in [0.15, 0.2) is 78.5 Å². The first-order valence-corrected chi connectivity index (χ1v) is 10.9. The number of aryl methyl sites for hydroxylation is 1. The quantitative estimate of drug-likeness (QED) is 0.487. The highest BCUT2D eigenvalue weighted by atomic mass is 16.5. The monoisotopic (exact) mass is 442 g/mol. The van der Waals surface area contributed by atoms with Crippen molar-refractivity contribution >= 4 is 28.8 Å². The van der Waals surface area contributed by atoms with Crippen molar-refractivity contribution in [1.82, 2.24) is 0 Å². The van der Waals surface area contributed by atoms with Crippen LogP contribution in [0.25, 0.3) is 5.57 Å². The zero-order valence-corrected chi connectivity index (χ0v) is 18.9. The van der Waals surface area contributed by atoms with Crippen LogP contribution in [0, 0.1) is 6.92 Å². The number of hydrogen-bond acceptors (Lipinski definition) is 5. The van der Waals surface area contributed by atoms with Gasteiger partial charge in [-0.2, -0.15) is 0 Å². The van der Waals surface area contributed by atoms with Gasteiger partial charge in [0, 0.05) is 11.8 Å². The van der Waals surface area contributed by atoms with Gasteiger partial charge >= 0.3 is 0 Å². The van der Waals surface area contributed by atoms with E-state index < -0.39 is 5.91 Å². The maximum Gasteiger partial charge on any atom is 0.282 e. The summed E-state index contributed by atoms with van der Waals surface area (Å²) in [5.41, 5.74) is 3.23. The van der Waals surface area contributed by atoms with E-state index in [1.54, 1.807) is 36.4 Å². The molecule has 0 radical (unpaired) electrons. The predicted octanol–water partition coefficient (Wildman–Crippen LogP) is 5.19. The fraction of sp³-hybridized carbons (Fsp3) is 0.185. The van der Waals surface area contributed by atoms with Gasteiger partial charge in [-0.3, -0.25) is 9.59 Å². The fourth-order valence-corrected chi connectivity index (χ4v) is 3.81. The molecule has 1 aliphatic heterocycles. The number of ether oxygens (including phenoxy) is 2. The second-order valence-electron chi connectivity index (χ2n) is 7.53. The van der Waals surface area contributed by atoms with Gasteiger partial charge < -0.3 is 14.8 Å². The van der Waals surface area contributed by atoms with Gasteiger partial charge in [0.25, 0.3) is 11.8 Å². The average Bonchev–Trinajstić information content (AvgIpc) is 3.05. The molecule has 2 amide bonds. The highest BCUT2D eigenvalue weighted by Crippen LogP contribution is 2.35. The molecule has 1 heterocycles. The normalized spacial score (nSPS) is 13.5. The minimum Gasteiger partial charge on any atom is -0.494 e. The molecule has 0 saturated heterocycles. The molecule has 0 saturated carbocycles. The molecule has 0 unspecified atom stereocenters. The molecular formula is C27H26N2O4. The third-order valence-electron chi connectivity index (χ3n) is 5.31. The Balaban J connectivity index is 1.79. The highest BCUT2D eigenvalue weighted by Gasteiger charge is 2.40. The number of benzene rings is 3. The van der Waals surface area contributed by atoms with E-state index in [-0.39, 0.29) is 11.6 Å². The number of para-hydroxylation sites is 1. The third-order valence-corrected chi connectivity index (χ3v) is 5.31. The molecule has 6 nitrogen and oxygen atoms in total. The lowest BCUT2D eigenvalue weighted by atomic mass is 10.0. The van der Waals surface area contributed by atoms with Crippen LogP contribution < -0.4 is 19.7 Å². The van der Waals surface area contributed by atoms with Gasteiger partial charge in [-0.1, -0.05) is 36.4 Å². The zero-order chi connectivity index (χ0) is 23.4. The smallest absolute Gasteiger partial charge is 0.282 e. The molecule has 6 heteroatoms. The summed E-state index contributed by atoms with van der Waals surface area (Å²) < 4.78 is 11.1. The van der Waals surface area contributed by atoms with Gasteiger partial charge in [0.05, 0.1) is 24.5 Å². The minimum absolute atomic E-state index is 0.223. The average molecular weight is 443 g/mol. The SMILES string of the molecule is CCOc1ccc(C2=C(Nc3cccc(OCC)c3)C(=O)N(c3ccccc3C)C2=O)cc1. The summed E-state index contributed by atoms with van der Waals surface area (Å²) >= 11 is 0. The number of carbonyl (C=O) groups excluding carboxylic acids is 2. The van der Waals surface area contributed by atoms with Gasteiger partial charge in [-0.25, -0.2) is 4.90 Å². The number of nitrogens with one attached hydrogen (secondary N) is 1. The van der Waals surface area contributed by atoms with Crippen LogP contribution in [0.2, 0.25) is 0 Å². The van der Waals surface area contributed by atoms with Crippen LogP contribution in [-0.4, -0.2) is 25.0 Å².